The normalized spacial score (nSPS) is 27.0. The van der Waals surface area contributed by atoms with Gasteiger partial charge in [0.2, 0.25) is 0 Å². The van der Waals surface area contributed by atoms with Crippen molar-refractivity contribution in [2.45, 2.75) is 36.9 Å². The van der Waals surface area contributed by atoms with Crippen LogP contribution in [0.1, 0.15) is 27.6 Å². The molecule has 0 bridgehead atoms. The molecular formula is C20H22O9. The van der Waals surface area contributed by atoms with Gasteiger partial charge in [-0.05, 0) is 5.56 Å². The van der Waals surface area contributed by atoms with Crippen LogP contribution in [0.5, 0.6) is 17.2 Å². The van der Waals surface area contributed by atoms with Crippen molar-refractivity contribution in [3.8, 4) is 17.2 Å². The smallest absolute Gasteiger partial charge is 0.174 e. The van der Waals surface area contributed by atoms with Crippen molar-refractivity contribution in [1.29, 1.82) is 0 Å². The van der Waals surface area contributed by atoms with E-state index in [9.17, 15) is 40.5 Å². The Labute approximate surface area is 165 Å². The van der Waals surface area contributed by atoms with Gasteiger partial charge in [0.25, 0.3) is 0 Å². The van der Waals surface area contributed by atoms with Crippen molar-refractivity contribution in [2.24, 2.45) is 0 Å². The van der Waals surface area contributed by atoms with E-state index in [0.717, 1.165) is 6.07 Å². The quantitative estimate of drug-likeness (QED) is 0.331. The minimum Gasteiger partial charge on any atom is -0.507 e. The van der Waals surface area contributed by atoms with Gasteiger partial charge in [0, 0.05) is 12.5 Å². The lowest BCUT2D eigenvalue weighted by Gasteiger charge is -2.40. The van der Waals surface area contributed by atoms with E-state index in [1.165, 1.54) is 0 Å². The Balaban J connectivity index is 2.02. The molecular weight excluding hydrogens is 384 g/mol. The molecule has 0 unspecified atom stereocenters. The summed E-state index contributed by atoms with van der Waals surface area (Å²) in [6.45, 7) is -0.707. The van der Waals surface area contributed by atoms with Crippen LogP contribution in [0.25, 0.3) is 0 Å². The van der Waals surface area contributed by atoms with E-state index in [1.54, 1.807) is 30.3 Å². The lowest BCUT2D eigenvalue weighted by Crippen LogP contribution is -2.55. The highest BCUT2D eigenvalue weighted by molar-refractivity contribution is 6.03. The monoisotopic (exact) mass is 406 g/mol. The zero-order valence-electron chi connectivity index (χ0n) is 15.2. The van der Waals surface area contributed by atoms with E-state index < -0.39 is 71.3 Å². The molecule has 0 amide bonds. The predicted molar refractivity (Wildman–Crippen MR) is 98.6 cm³/mol. The van der Waals surface area contributed by atoms with Gasteiger partial charge in [-0.25, -0.2) is 0 Å². The molecule has 0 aliphatic carbocycles. The third kappa shape index (κ3) is 3.91. The van der Waals surface area contributed by atoms with Crippen molar-refractivity contribution in [1.82, 2.24) is 0 Å². The Bertz CT molecular complexity index is 881. The number of aromatic hydroxyl groups is 3. The van der Waals surface area contributed by atoms with Crippen LogP contribution >= 0.6 is 0 Å². The highest BCUT2D eigenvalue weighted by Gasteiger charge is 2.46. The first-order valence-electron chi connectivity index (χ1n) is 8.91. The van der Waals surface area contributed by atoms with E-state index in [-0.39, 0.29) is 6.42 Å². The Hall–Kier alpha value is -2.69. The Morgan fingerprint density at radius 1 is 0.931 bits per heavy atom. The maximum Gasteiger partial charge on any atom is 0.174 e. The number of ketones is 1. The lowest BCUT2D eigenvalue weighted by molar-refractivity contribution is -0.232. The molecule has 9 heteroatoms. The molecule has 29 heavy (non-hydrogen) atoms. The largest absolute Gasteiger partial charge is 0.507 e. The summed E-state index contributed by atoms with van der Waals surface area (Å²) in [5, 5.41) is 70.5. The Kier molecular flexibility index (Phi) is 6.06. The number of Topliss-reactive ketones (excluding diaryl/α,β-unsaturated/α-hetero) is 1. The molecule has 2 aromatic carbocycles. The molecule has 1 saturated heterocycles. The Morgan fingerprint density at radius 3 is 2.21 bits per heavy atom. The van der Waals surface area contributed by atoms with Crippen LogP contribution in [0.2, 0.25) is 0 Å². The second kappa shape index (κ2) is 8.36. The first kappa shape index (κ1) is 21.0. The van der Waals surface area contributed by atoms with Gasteiger partial charge in [-0.1, -0.05) is 30.3 Å². The molecule has 156 valence electrons. The van der Waals surface area contributed by atoms with E-state index in [1.807, 2.05) is 0 Å². The highest BCUT2D eigenvalue weighted by Crippen LogP contribution is 2.46. The van der Waals surface area contributed by atoms with Gasteiger partial charge in [0.15, 0.2) is 5.78 Å². The highest BCUT2D eigenvalue weighted by atomic mass is 16.5. The van der Waals surface area contributed by atoms with Crippen molar-refractivity contribution in [3.05, 3.63) is 53.1 Å². The zero-order valence-corrected chi connectivity index (χ0v) is 15.2. The van der Waals surface area contributed by atoms with Crippen molar-refractivity contribution in [3.63, 3.8) is 0 Å². The summed E-state index contributed by atoms with van der Waals surface area (Å²) in [4.78, 5) is 12.7. The second-order valence-corrected chi connectivity index (χ2v) is 6.89. The topological polar surface area (TPSA) is 168 Å². The van der Waals surface area contributed by atoms with Crippen LogP contribution in [-0.4, -0.2) is 72.6 Å². The van der Waals surface area contributed by atoms with Gasteiger partial charge < -0.3 is 40.5 Å². The number of carbonyl (C=O) groups is 1. The van der Waals surface area contributed by atoms with Crippen LogP contribution < -0.4 is 0 Å². The van der Waals surface area contributed by atoms with E-state index >= 15 is 0 Å². The van der Waals surface area contributed by atoms with Crippen molar-refractivity contribution in [2.75, 3.05) is 6.61 Å². The van der Waals surface area contributed by atoms with Gasteiger partial charge in [0.1, 0.15) is 53.3 Å². The number of benzene rings is 2. The van der Waals surface area contributed by atoms with E-state index in [4.69, 9.17) is 4.74 Å². The number of phenolic OH excluding ortho intramolecular Hbond substituents is 3. The average Bonchev–Trinajstić information content (AvgIpc) is 2.68. The summed E-state index contributed by atoms with van der Waals surface area (Å²) >= 11 is 0. The number of phenols is 3. The molecule has 0 aromatic heterocycles. The molecule has 1 fully saturated rings. The molecule has 3 rings (SSSR count). The Morgan fingerprint density at radius 2 is 1.59 bits per heavy atom. The number of aliphatic hydroxyl groups is 4. The summed E-state index contributed by atoms with van der Waals surface area (Å²) in [5.41, 5.74) is -0.312. The number of carbonyl (C=O) groups excluding carboxylic acids is 1. The molecule has 9 nitrogen and oxygen atoms in total. The molecule has 5 atom stereocenters. The summed E-state index contributed by atoms with van der Waals surface area (Å²) in [5.74, 6) is -2.85. The number of hydrogen-bond acceptors (Lipinski definition) is 9. The number of hydrogen-bond donors (Lipinski definition) is 7. The van der Waals surface area contributed by atoms with Crippen LogP contribution in [0, 0.1) is 0 Å². The molecule has 2 aromatic rings. The minimum absolute atomic E-state index is 0.152. The van der Waals surface area contributed by atoms with E-state index in [0.29, 0.717) is 5.56 Å². The predicted octanol–water partition coefficient (Wildman–Crippen LogP) is -0.256. The maximum atomic E-state index is 12.7. The van der Waals surface area contributed by atoms with Crippen LogP contribution in [0.3, 0.4) is 0 Å². The average molecular weight is 406 g/mol. The van der Waals surface area contributed by atoms with Gasteiger partial charge in [0.05, 0.1) is 12.2 Å². The van der Waals surface area contributed by atoms with Gasteiger partial charge in [-0.2, -0.15) is 0 Å². The molecule has 0 radical (unpaired) electrons. The summed E-state index contributed by atoms with van der Waals surface area (Å²) in [7, 11) is 0. The van der Waals surface area contributed by atoms with Gasteiger partial charge in [-0.15, -0.1) is 0 Å². The summed E-state index contributed by atoms with van der Waals surface area (Å²) in [6, 6.07) is 9.39. The number of rotatable bonds is 5. The van der Waals surface area contributed by atoms with Crippen LogP contribution in [-0.2, 0) is 11.2 Å². The van der Waals surface area contributed by atoms with Crippen LogP contribution in [0.4, 0.5) is 0 Å². The number of ether oxygens (including phenoxy) is 1. The summed E-state index contributed by atoms with van der Waals surface area (Å²) < 4.78 is 5.35. The molecule has 7 N–H and O–H groups in total. The molecule has 0 spiro atoms. The second-order valence-electron chi connectivity index (χ2n) is 6.89. The lowest BCUT2D eigenvalue weighted by atomic mass is 9.88. The van der Waals surface area contributed by atoms with Gasteiger partial charge in [-0.3, -0.25) is 4.79 Å². The first-order valence-corrected chi connectivity index (χ1v) is 8.91. The molecule has 1 aliphatic heterocycles. The standard InChI is InChI=1S/C20H22O9/c21-8-13-16(25)18(27)19(28)20(29-13)15-12(24)7-11(23)14(17(15)26)10(22)6-9-4-2-1-3-5-9/h1-5,7,13,16,18-21,23-28H,6,8H2/t13-,16-,18+,19-,20+/m1/s1. The first-order chi connectivity index (χ1) is 13.8. The maximum absolute atomic E-state index is 12.7. The molecule has 1 heterocycles. The summed E-state index contributed by atoms with van der Waals surface area (Å²) in [6.07, 6.45) is -8.18. The zero-order chi connectivity index (χ0) is 21.3. The van der Waals surface area contributed by atoms with Crippen molar-refractivity contribution < 1.29 is 45.3 Å². The van der Waals surface area contributed by atoms with E-state index in [2.05, 4.69) is 0 Å². The molecule has 1 aliphatic rings. The van der Waals surface area contributed by atoms with Gasteiger partial charge >= 0.3 is 0 Å². The fourth-order valence-electron chi connectivity index (χ4n) is 3.42. The third-order valence-electron chi connectivity index (χ3n) is 4.96. The SMILES string of the molecule is O=C(Cc1ccccc1)c1c(O)cc(O)c([C@@H]2O[C@H](CO)[C@@H](O)[C@H](O)[C@H]2O)c1O. The third-order valence-corrected chi connectivity index (χ3v) is 4.96. The fraction of sp³-hybridized carbons (Fsp3) is 0.350. The number of aliphatic hydroxyl groups excluding tert-OH is 4. The minimum atomic E-state index is -1.79. The van der Waals surface area contributed by atoms with Crippen molar-refractivity contribution >= 4 is 5.78 Å². The molecule has 0 saturated carbocycles. The van der Waals surface area contributed by atoms with Crippen LogP contribution in [0.15, 0.2) is 36.4 Å². The fourth-order valence-corrected chi connectivity index (χ4v) is 3.42.